The number of pyridine rings is 1. The summed E-state index contributed by atoms with van der Waals surface area (Å²) in [5.74, 6) is -0.125. The van der Waals surface area contributed by atoms with Crippen LogP contribution in [0.25, 0.3) is 10.9 Å². The van der Waals surface area contributed by atoms with Crippen LogP contribution in [0.1, 0.15) is 32.4 Å². The lowest BCUT2D eigenvalue weighted by Gasteiger charge is -2.38. The molecule has 0 atom stereocenters. The van der Waals surface area contributed by atoms with Gasteiger partial charge in [-0.05, 0) is 43.2 Å². The Kier molecular flexibility index (Phi) is 6.23. The largest absolute Gasteiger partial charge is 0.388 e. The van der Waals surface area contributed by atoms with E-state index in [1.165, 1.54) is 0 Å². The molecule has 8 heteroatoms. The fraction of sp³-hybridized carbons (Fsp3) is 0.417. The Balaban J connectivity index is 1.41. The van der Waals surface area contributed by atoms with Gasteiger partial charge in [-0.1, -0.05) is 19.9 Å². The van der Waals surface area contributed by atoms with E-state index in [0.717, 1.165) is 16.6 Å². The summed E-state index contributed by atoms with van der Waals surface area (Å²) in [6.45, 7) is 5.02. The highest BCUT2D eigenvalue weighted by Gasteiger charge is 2.35. The van der Waals surface area contributed by atoms with Crippen LogP contribution in [0.2, 0.25) is 0 Å². The summed E-state index contributed by atoms with van der Waals surface area (Å²) in [4.78, 5) is 30.6. The van der Waals surface area contributed by atoms with Crippen molar-refractivity contribution >= 4 is 28.4 Å². The standard InChI is InChI=1S/C24H29N5O3/c1-17(2)23(31)27-20-7-6-18-15-26-29(21(18)13-20)16-24(32)8-11-28(12-9-24)22(30)14-19-5-3-4-10-25-19/h3-7,10,13,15,17,32H,8-9,11-12,14,16H2,1-2H3,(H,27,31). The molecule has 32 heavy (non-hydrogen) atoms. The minimum Gasteiger partial charge on any atom is -0.388 e. The zero-order valence-corrected chi connectivity index (χ0v) is 18.5. The molecule has 1 aliphatic heterocycles. The first-order valence-electron chi connectivity index (χ1n) is 11.0. The summed E-state index contributed by atoms with van der Waals surface area (Å²) < 4.78 is 1.78. The Morgan fingerprint density at radius 1 is 1.19 bits per heavy atom. The third-order valence-electron chi connectivity index (χ3n) is 5.99. The van der Waals surface area contributed by atoms with Gasteiger partial charge in [0.05, 0.1) is 30.3 Å². The predicted molar refractivity (Wildman–Crippen MR) is 122 cm³/mol. The molecule has 3 aromatic rings. The maximum absolute atomic E-state index is 12.6. The number of amides is 2. The summed E-state index contributed by atoms with van der Waals surface area (Å²) in [5.41, 5.74) is 1.37. The van der Waals surface area contributed by atoms with E-state index >= 15 is 0 Å². The van der Waals surface area contributed by atoms with E-state index in [0.29, 0.717) is 38.2 Å². The lowest BCUT2D eigenvalue weighted by atomic mass is 9.91. The van der Waals surface area contributed by atoms with Crippen molar-refractivity contribution in [2.24, 2.45) is 5.92 Å². The molecule has 1 fully saturated rings. The van der Waals surface area contributed by atoms with Crippen LogP contribution in [0.15, 0.2) is 48.8 Å². The topological polar surface area (TPSA) is 100 Å². The molecule has 1 saturated heterocycles. The van der Waals surface area contributed by atoms with Crippen LogP contribution in [-0.4, -0.2) is 55.3 Å². The Bertz CT molecular complexity index is 1100. The molecule has 168 valence electrons. The molecule has 0 unspecified atom stereocenters. The SMILES string of the molecule is CC(C)C(=O)Nc1ccc2cnn(CC3(O)CCN(C(=O)Cc4ccccn4)CC3)c2c1. The predicted octanol–water partition coefficient (Wildman–Crippen LogP) is 2.62. The maximum Gasteiger partial charge on any atom is 0.228 e. The van der Waals surface area contributed by atoms with Crippen LogP contribution < -0.4 is 5.32 Å². The van der Waals surface area contributed by atoms with Gasteiger partial charge in [-0.3, -0.25) is 19.3 Å². The number of hydrogen-bond acceptors (Lipinski definition) is 5. The van der Waals surface area contributed by atoms with Gasteiger partial charge in [0.25, 0.3) is 0 Å². The van der Waals surface area contributed by atoms with Crippen molar-refractivity contribution < 1.29 is 14.7 Å². The molecule has 0 saturated carbocycles. The Hall–Kier alpha value is -3.26. The first kappa shape index (κ1) is 22.0. The fourth-order valence-electron chi connectivity index (χ4n) is 3.94. The van der Waals surface area contributed by atoms with Crippen LogP contribution in [0.4, 0.5) is 5.69 Å². The van der Waals surface area contributed by atoms with Crippen LogP contribution in [0.3, 0.4) is 0 Å². The van der Waals surface area contributed by atoms with Crippen LogP contribution >= 0.6 is 0 Å². The van der Waals surface area contributed by atoms with Gasteiger partial charge >= 0.3 is 0 Å². The number of carbonyl (C=O) groups is 2. The second-order valence-corrected chi connectivity index (χ2v) is 8.82. The molecule has 4 rings (SSSR count). The quantitative estimate of drug-likeness (QED) is 0.620. The second-order valence-electron chi connectivity index (χ2n) is 8.82. The molecular formula is C24H29N5O3. The number of likely N-dealkylation sites (tertiary alicyclic amines) is 1. The van der Waals surface area contributed by atoms with Crippen molar-refractivity contribution in [2.45, 2.75) is 45.3 Å². The normalized spacial score (nSPS) is 15.8. The number of anilines is 1. The van der Waals surface area contributed by atoms with E-state index in [2.05, 4.69) is 15.4 Å². The van der Waals surface area contributed by atoms with Gasteiger partial charge in [-0.2, -0.15) is 5.10 Å². The average molecular weight is 436 g/mol. The molecule has 3 heterocycles. The highest BCUT2D eigenvalue weighted by atomic mass is 16.3. The van der Waals surface area contributed by atoms with E-state index in [9.17, 15) is 14.7 Å². The molecule has 2 aromatic heterocycles. The van der Waals surface area contributed by atoms with Gasteiger partial charge in [0, 0.05) is 42.0 Å². The van der Waals surface area contributed by atoms with Crippen molar-refractivity contribution in [3.05, 3.63) is 54.5 Å². The number of nitrogens with zero attached hydrogens (tertiary/aromatic N) is 4. The van der Waals surface area contributed by atoms with Crippen LogP contribution in [-0.2, 0) is 22.6 Å². The second kappa shape index (κ2) is 9.08. The molecule has 0 bridgehead atoms. The minimum absolute atomic E-state index is 0.0285. The number of nitrogens with one attached hydrogen (secondary N) is 1. The third-order valence-corrected chi connectivity index (χ3v) is 5.99. The maximum atomic E-state index is 12.6. The van der Waals surface area contributed by atoms with E-state index in [1.54, 1.807) is 22.0 Å². The number of hydrogen-bond donors (Lipinski definition) is 2. The van der Waals surface area contributed by atoms with Gasteiger partial charge in [0.1, 0.15) is 0 Å². The Labute approximate surface area is 187 Å². The van der Waals surface area contributed by atoms with Gasteiger partial charge < -0.3 is 15.3 Å². The van der Waals surface area contributed by atoms with Crippen molar-refractivity contribution in [1.82, 2.24) is 19.7 Å². The lowest BCUT2D eigenvalue weighted by molar-refractivity contribution is -0.135. The monoisotopic (exact) mass is 435 g/mol. The molecule has 0 aliphatic carbocycles. The number of aliphatic hydroxyl groups is 1. The summed E-state index contributed by atoms with van der Waals surface area (Å²) in [5, 5.41) is 19.5. The molecule has 0 spiro atoms. The Morgan fingerprint density at radius 2 is 1.97 bits per heavy atom. The molecule has 2 N–H and O–H groups in total. The summed E-state index contributed by atoms with van der Waals surface area (Å²) >= 11 is 0. The number of fused-ring (bicyclic) bond motifs is 1. The van der Waals surface area contributed by atoms with Crippen LogP contribution in [0.5, 0.6) is 0 Å². The van der Waals surface area contributed by atoms with E-state index in [1.807, 2.05) is 50.2 Å². The lowest BCUT2D eigenvalue weighted by Crippen LogP contribution is -2.49. The van der Waals surface area contributed by atoms with E-state index < -0.39 is 5.60 Å². The van der Waals surface area contributed by atoms with Crippen LogP contribution in [0, 0.1) is 5.92 Å². The molecular weight excluding hydrogens is 406 g/mol. The van der Waals surface area contributed by atoms with Crippen molar-refractivity contribution in [3.8, 4) is 0 Å². The average Bonchev–Trinajstić information content (AvgIpc) is 3.16. The summed E-state index contributed by atoms with van der Waals surface area (Å²) in [6.07, 6.45) is 4.68. The first-order valence-corrected chi connectivity index (χ1v) is 11.0. The van der Waals surface area contributed by atoms with E-state index in [-0.39, 0.29) is 24.2 Å². The van der Waals surface area contributed by atoms with Gasteiger partial charge in [0.2, 0.25) is 11.8 Å². The Morgan fingerprint density at radius 3 is 2.66 bits per heavy atom. The number of rotatable bonds is 6. The molecule has 1 aliphatic rings. The zero-order valence-electron chi connectivity index (χ0n) is 18.5. The van der Waals surface area contributed by atoms with E-state index in [4.69, 9.17) is 0 Å². The number of benzene rings is 1. The van der Waals surface area contributed by atoms with Gasteiger partial charge in [0.15, 0.2) is 0 Å². The smallest absolute Gasteiger partial charge is 0.228 e. The summed E-state index contributed by atoms with van der Waals surface area (Å²) in [7, 11) is 0. The number of piperidine rings is 1. The molecule has 1 aromatic carbocycles. The minimum atomic E-state index is -0.947. The zero-order chi connectivity index (χ0) is 22.7. The van der Waals surface area contributed by atoms with Crippen molar-refractivity contribution in [3.63, 3.8) is 0 Å². The molecule has 0 radical (unpaired) electrons. The number of aromatic nitrogens is 3. The molecule has 8 nitrogen and oxygen atoms in total. The number of carbonyl (C=O) groups excluding carboxylic acids is 2. The third kappa shape index (κ3) is 4.96. The first-order chi connectivity index (χ1) is 15.3. The highest BCUT2D eigenvalue weighted by molar-refractivity contribution is 5.94. The van der Waals surface area contributed by atoms with Crippen molar-refractivity contribution in [2.75, 3.05) is 18.4 Å². The van der Waals surface area contributed by atoms with Gasteiger partial charge in [-0.15, -0.1) is 0 Å². The fourth-order valence-corrected chi connectivity index (χ4v) is 3.94. The van der Waals surface area contributed by atoms with Crippen molar-refractivity contribution in [1.29, 1.82) is 0 Å². The van der Waals surface area contributed by atoms with Gasteiger partial charge in [-0.25, -0.2) is 0 Å². The highest BCUT2D eigenvalue weighted by Crippen LogP contribution is 2.27. The molecule has 2 amide bonds. The summed E-state index contributed by atoms with van der Waals surface area (Å²) in [6, 6.07) is 11.2.